The van der Waals surface area contributed by atoms with E-state index in [1.807, 2.05) is 6.92 Å². The van der Waals surface area contributed by atoms with Crippen LogP contribution in [0.5, 0.6) is 5.75 Å². The van der Waals surface area contributed by atoms with Gasteiger partial charge in [0.2, 0.25) is 0 Å². The topological polar surface area (TPSA) is 34.1 Å². The van der Waals surface area contributed by atoms with Crippen LogP contribution in [-0.2, 0) is 6.54 Å². The highest BCUT2D eigenvalue weighted by Crippen LogP contribution is 2.22. The average Bonchev–Trinajstić information content (AvgIpc) is 2.42. The number of aromatic nitrogens is 1. The van der Waals surface area contributed by atoms with Crippen LogP contribution in [0.15, 0.2) is 36.5 Å². The number of hydrogen-bond donors (Lipinski definition) is 1. The molecule has 100 valence electrons. The zero-order valence-corrected chi connectivity index (χ0v) is 10.5. The van der Waals surface area contributed by atoms with E-state index in [4.69, 9.17) is 4.74 Å². The van der Waals surface area contributed by atoms with Crippen LogP contribution in [0.3, 0.4) is 0 Å². The summed E-state index contributed by atoms with van der Waals surface area (Å²) in [6, 6.07) is 6.87. The van der Waals surface area contributed by atoms with Crippen LogP contribution in [0.25, 0.3) is 0 Å². The highest BCUT2D eigenvalue weighted by atomic mass is 19.1. The van der Waals surface area contributed by atoms with Crippen molar-refractivity contribution in [3.63, 3.8) is 0 Å². The molecule has 1 heterocycles. The summed E-state index contributed by atoms with van der Waals surface area (Å²) >= 11 is 0. The smallest absolute Gasteiger partial charge is 0.169 e. The van der Waals surface area contributed by atoms with Crippen molar-refractivity contribution in [2.24, 2.45) is 0 Å². The van der Waals surface area contributed by atoms with Gasteiger partial charge in [-0.15, -0.1) is 0 Å². The molecule has 0 unspecified atom stereocenters. The lowest BCUT2D eigenvalue weighted by atomic mass is 10.2. The predicted molar refractivity (Wildman–Crippen MR) is 69.1 cm³/mol. The molecular weight excluding hydrogens is 250 g/mol. The molecule has 2 rings (SSSR count). The van der Waals surface area contributed by atoms with E-state index < -0.39 is 11.6 Å². The molecule has 0 atom stereocenters. The first-order valence-electron chi connectivity index (χ1n) is 5.96. The lowest BCUT2D eigenvalue weighted by Crippen LogP contribution is -2.06. The summed E-state index contributed by atoms with van der Waals surface area (Å²) in [5.41, 5.74) is 0.244. The molecule has 0 saturated heterocycles. The Morgan fingerprint density at radius 3 is 2.89 bits per heavy atom. The third kappa shape index (κ3) is 3.40. The first kappa shape index (κ1) is 13.3. The van der Waals surface area contributed by atoms with Crippen LogP contribution in [0.4, 0.5) is 14.6 Å². The van der Waals surface area contributed by atoms with Gasteiger partial charge in [-0.2, -0.15) is 0 Å². The Morgan fingerprint density at radius 2 is 2.11 bits per heavy atom. The summed E-state index contributed by atoms with van der Waals surface area (Å²) in [6.45, 7) is 2.51. The van der Waals surface area contributed by atoms with Gasteiger partial charge >= 0.3 is 0 Å². The SMILES string of the molecule is CCOc1cccnc1NCc1cc(F)ccc1F. The first-order chi connectivity index (χ1) is 9.20. The molecule has 3 nitrogen and oxygen atoms in total. The monoisotopic (exact) mass is 264 g/mol. The summed E-state index contributed by atoms with van der Waals surface area (Å²) in [5, 5.41) is 2.94. The highest BCUT2D eigenvalue weighted by Gasteiger charge is 2.07. The Labute approximate surface area is 110 Å². The van der Waals surface area contributed by atoms with Crippen molar-refractivity contribution in [2.75, 3.05) is 11.9 Å². The summed E-state index contributed by atoms with van der Waals surface area (Å²) in [7, 11) is 0. The number of pyridine rings is 1. The third-order valence-corrected chi connectivity index (χ3v) is 2.52. The number of hydrogen-bond acceptors (Lipinski definition) is 3. The summed E-state index contributed by atoms with van der Waals surface area (Å²) in [6.07, 6.45) is 1.60. The molecule has 1 aromatic heterocycles. The van der Waals surface area contributed by atoms with Gasteiger partial charge in [0.15, 0.2) is 11.6 Å². The Morgan fingerprint density at radius 1 is 1.26 bits per heavy atom. The second-order valence-electron chi connectivity index (χ2n) is 3.87. The van der Waals surface area contributed by atoms with Gasteiger partial charge < -0.3 is 10.1 Å². The Balaban J connectivity index is 2.12. The number of ether oxygens (including phenoxy) is 1. The number of anilines is 1. The maximum atomic E-state index is 13.5. The van der Waals surface area contributed by atoms with E-state index in [9.17, 15) is 8.78 Å². The minimum Gasteiger partial charge on any atom is -0.490 e. The van der Waals surface area contributed by atoms with E-state index in [1.54, 1.807) is 18.3 Å². The molecule has 5 heteroatoms. The molecule has 0 saturated carbocycles. The molecule has 0 fully saturated rings. The van der Waals surface area contributed by atoms with Crippen LogP contribution in [0, 0.1) is 11.6 Å². The van der Waals surface area contributed by atoms with Crippen molar-refractivity contribution in [2.45, 2.75) is 13.5 Å². The van der Waals surface area contributed by atoms with E-state index in [2.05, 4.69) is 10.3 Å². The van der Waals surface area contributed by atoms with Crippen molar-refractivity contribution in [3.8, 4) is 5.75 Å². The van der Waals surface area contributed by atoms with Gasteiger partial charge in [0.05, 0.1) is 6.61 Å². The molecule has 0 aliphatic heterocycles. The molecule has 2 aromatic rings. The molecule has 1 N–H and O–H groups in total. The normalized spacial score (nSPS) is 10.3. The van der Waals surface area contributed by atoms with Gasteiger partial charge in [0, 0.05) is 18.3 Å². The highest BCUT2D eigenvalue weighted by molar-refractivity contribution is 5.49. The minimum atomic E-state index is -0.468. The maximum Gasteiger partial charge on any atom is 0.169 e. The van der Waals surface area contributed by atoms with Crippen molar-refractivity contribution < 1.29 is 13.5 Å². The van der Waals surface area contributed by atoms with E-state index in [-0.39, 0.29) is 12.1 Å². The molecule has 0 aliphatic rings. The molecule has 0 radical (unpaired) electrons. The van der Waals surface area contributed by atoms with E-state index in [0.717, 1.165) is 18.2 Å². The Hall–Kier alpha value is -2.17. The van der Waals surface area contributed by atoms with Gasteiger partial charge in [0.1, 0.15) is 11.6 Å². The fourth-order valence-electron chi connectivity index (χ4n) is 1.65. The van der Waals surface area contributed by atoms with Crippen LogP contribution in [0.1, 0.15) is 12.5 Å². The van der Waals surface area contributed by atoms with Crippen molar-refractivity contribution in [3.05, 3.63) is 53.7 Å². The van der Waals surface area contributed by atoms with Gasteiger partial charge in [-0.1, -0.05) is 0 Å². The summed E-state index contributed by atoms with van der Waals surface area (Å²) in [4.78, 5) is 4.11. The van der Waals surface area contributed by atoms with Crippen molar-refractivity contribution in [1.82, 2.24) is 4.98 Å². The number of benzene rings is 1. The lowest BCUT2D eigenvalue weighted by Gasteiger charge is -2.11. The van der Waals surface area contributed by atoms with Gasteiger partial charge in [-0.3, -0.25) is 0 Å². The van der Waals surface area contributed by atoms with Crippen LogP contribution < -0.4 is 10.1 Å². The zero-order chi connectivity index (χ0) is 13.7. The largest absolute Gasteiger partial charge is 0.490 e. The predicted octanol–water partition coefficient (Wildman–Crippen LogP) is 3.37. The van der Waals surface area contributed by atoms with E-state index in [1.165, 1.54) is 0 Å². The molecule has 0 bridgehead atoms. The van der Waals surface area contributed by atoms with Crippen LogP contribution >= 0.6 is 0 Å². The van der Waals surface area contributed by atoms with Gasteiger partial charge in [-0.25, -0.2) is 13.8 Å². The van der Waals surface area contributed by atoms with Crippen LogP contribution in [-0.4, -0.2) is 11.6 Å². The molecule has 0 amide bonds. The molecule has 19 heavy (non-hydrogen) atoms. The number of nitrogens with zero attached hydrogens (tertiary/aromatic N) is 1. The summed E-state index contributed by atoms with van der Waals surface area (Å²) < 4.78 is 31.9. The zero-order valence-electron chi connectivity index (χ0n) is 10.5. The van der Waals surface area contributed by atoms with Crippen molar-refractivity contribution >= 4 is 5.82 Å². The lowest BCUT2D eigenvalue weighted by molar-refractivity contribution is 0.340. The average molecular weight is 264 g/mol. The Kier molecular flexibility index (Phi) is 4.28. The standard InChI is InChI=1S/C14H14F2N2O/c1-2-19-13-4-3-7-17-14(13)18-9-10-8-11(15)5-6-12(10)16/h3-8H,2,9H2,1H3,(H,17,18). The number of nitrogens with one attached hydrogen (secondary N) is 1. The second kappa shape index (κ2) is 6.13. The molecule has 1 aromatic carbocycles. The Bertz CT molecular complexity index is 561. The number of rotatable bonds is 5. The second-order valence-corrected chi connectivity index (χ2v) is 3.87. The summed E-state index contributed by atoms with van der Waals surface area (Å²) in [5.74, 6) is 0.168. The third-order valence-electron chi connectivity index (χ3n) is 2.52. The van der Waals surface area contributed by atoms with Gasteiger partial charge in [-0.05, 0) is 37.3 Å². The molecular formula is C14H14F2N2O. The fraction of sp³-hybridized carbons (Fsp3) is 0.214. The first-order valence-corrected chi connectivity index (χ1v) is 5.96. The van der Waals surface area contributed by atoms with Gasteiger partial charge in [0.25, 0.3) is 0 Å². The fourth-order valence-corrected chi connectivity index (χ4v) is 1.65. The molecule has 0 aliphatic carbocycles. The minimum absolute atomic E-state index is 0.140. The van der Waals surface area contributed by atoms with E-state index in [0.29, 0.717) is 18.2 Å². The quantitative estimate of drug-likeness (QED) is 0.899. The van der Waals surface area contributed by atoms with Crippen LogP contribution in [0.2, 0.25) is 0 Å². The number of halogens is 2. The van der Waals surface area contributed by atoms with E-state index >= 15 is 0 Å². The maximum absolute atomic E-state index is 13.5. The molecule has 0 spiro atoms. The van der Waals surface area contributed by atoms with Crippen molar-refractivity contribution in [1.29, 1.82) is 0 Å².